The fourth-order valence-electron chi connectivity index (χ4n) is 2.80. The van der Waals surface area contributed by atoms with Crippen molar-refractivity contribution in [1.29, 1.82) is 0 Å². The Balaban J connectivity index is 1.83. The second kappa shape index (κ2) is 5.59. The molecule has 2 N–H and O–H groups in total. The van der Waals surface area contributed by atoms with E-state index in [-0.39, 0.29) is 5.91 Å². The molecule has 0 bridgehead atoms. The standard InChI is InChI=1S/C15H16N4O3/c20-13(17-15(14(21)22)6-1-2-7-15)11-4-3-5-12(10-11)19-9-8-16-18-19/h3-5,8-10H,1-2,6-7H2,(H,17,20)(H,21,22). The first-order valence-electron chi connectivity index (χ1n) is 7.13. The number of carboxylic acid groups (broad SMARTS) is 1. The number of carboxylic acids is 1. The molecule has 114 valence electrons. The molecule has 1 fully saturated rings. The monoisotopic (exact) mass is 300 g/mol. The van der Waals surface area contributed by atoms with Crippen molar-refractivity contribution in [2.45, 2.75) is 31.2 Å². The van der Waals surface area contributed by atoms with E-state index in [4.69, 9.17) is 0 Å². The molecule has 22 heavy (non-hydrogen) atoms. The molecule has 7 heteroatoms. The quantitative estimate of drug-likeness (QED) is 0.889. The van der Waals surface area contributed by atoms with Crippen molar-refractivity contribution in [3.63, 3.8) is 0 Å². The molecular weight excluding hydrogens is 284 g/mol. The summed E-state index contributed by atoms with van der Waals surface area (Å²) >= 11 is 0. The van der Waals surface area contributed by atoms with Gasteiger partial charge in [-0.1, -0.05) is 24.1 Å². The number of nitrogens with one attached hydrogen (secondary N) is 1. The summed E-state index contributed by atoms with van der Waals surface area (Å²) in [5, 5.41) is 19.7. The third-order valence-electron chi connectivity index (χ3n) is 4.01. The third-order valence-corrected chi connectivity index (χ3v) is 4.01. The van der Waals surface area contributed by atoms with Gasteiger partial charge in [-0.05, 0) is 31.0 Å². The fourth-order valence-corrected chi connectivity index (χ4v) is 2.80. The van der Waals surface area contributed by atoms with Gasteiger partial charge in [-0.2, -0.15) is 0 Å². The third kappa shape index (κ3) is 2.57. The lowest BCUT2D eigenvalue weighted by molar-refractivity contribution is -0.144. The van der Waals surface area contributed by atoms with Crippen LogP contribution >= 0.6 is 0 Å². The van der Waals surface area contributed by atoms with Gasteiger partial charge in [-0.15, -0.1) is 5.10 Å². The minimum absolute atomic E-state index is 0.383. The van der Waals surface area contributed by atoms with Crippen molar-refractivity contribution >= 4 is 11.9 Å². The first kappa shape index (κ1) is 14.2. The lowest BCUT2D eigenvalue weighted by Gasteiger charge is -2.25. The topological polar surface area (TPSA) is 97.1 Å². The van der Waals surface area contributed by atoms with E-state index in [0.29, 0.717) is 24.1 Å². The van der Waals surface area contributed by atoms with Gasteiger partial charge in [0.15, 0.2) is 0 Å². The highest BCUT2D eigenvalue weighted by molar-refractivity contribution is 5.98. The molecular formula is C15H16N4O3. The van der Waals surface area contributed by atoms with Crippen LogP contribution in [0.3, 0.4) is 0 Å². The number of nitrogens with zero attached hydrogens (tertiary/aromatic N) is 3. The van der Waals surface area contributed by atoms with Crippen LogP contribution in [0.15, 0.2) is 36.7 Å². The Morgan fingerprint density at radius 3 is 2.68 bits per heavy atom. The van der Waals surface area contributed by atoms with Gasteiger partial charge in [-0.25, -0.2) is 9.48 Å². The Bertz CT molecular complexity index is 691. The minimum Gasteiger partial charge on any atom is -0.480 e. The minimum atomic E-state index is -1.14. The van der Waals surface area contributed by atoms with Crippen LogP contribution in [0.4, 0.5) is 0 Å². The zero-order chi connectivity index (χ0) is 15.6. The first-order valence-corrected chi connectivity index (χ1v) is 7.13. The summed E-state index contributed by atoms with van der Waals surface area (Å²) in [7, 11) is 0. The number of rotatable bonds is 4. The number of hydrogen-bond acceptors (Lipinski definition) is 4. The Morgan fingerprint density at radius 1 is 1.27 bits per heavy atom. The lowest BCUT2D eigenvalue weighted by Crippen LogP contribution is -2.52. The molecule has 1 aromatic carbocycles. The predicted molar refractivity (Wildman–Crippen MR) is 77.7 cm³/mol. The maximum Gasteiger partial charge on any atom is 0.329 e. The Morgan fingerprint density at radius 2 is 2.05 bits per heavy atom. The number of hydrogen-bond donors (Lipinski definition) is 2. The van der Waals surface area contributed by atoms with E-state index < -0.39 is 11.5 Å². The summed E-state index contributed by atoms with van der Waals surface area (Å²) in [6.45, 7) is 0. The summed E-state index contributed by atoms with van der Waals surface area (Å²) in [5.41, 5.74) is -0.0400. The number of carbonyl (C=O) groups excluding carboxylic acids is 1. The fraction of sp³-hybridized carbons (Fsp3) is 0.333. The van der Waals surface area contributed by atoms with E-state index in [2.05, 4.69) is 15.6 Å². The zero-order valence-electron chi connectivity index (χ0n) is 11.9. The van der Waals surface area contributed by atoms with Crippen LogP contribution in [0.5, 0.6) is 0 Å². The maximum atomic E-state index is 12.4. The summed E-state index contributed by atoms with van der Waals surface area (Å²) < 4.78 is 1.54. The molecule has 1 amide bonds. The molecule has 0 saturated heterocycles. The molecule has 1 aliphatic rings. The molecule has 0 aliphatic heterocycles. The van der Waals surface area contributed by atoms with Crippen LogP contribution in [0.2, 0.25) is 0 Å². The van der Waals surface area contributed by atoms with Crippen LogP contribution in [0, 0.1) is 0 Å². The summed E-state index contributed by atoms with van der Waals surface area (Å²) in [4.78, 5) is 23.9. The van der Waals surface area contributed by atoms with Crippen molar-refractivity contribution in [3.05, 3.63) is 42.2 Å². The highest BCUT2D eigenvalue weighted by Crippen LogP contribution is 2.30. The second-order valence-electron chi connectivity index (χ2n) is 5.45. The number of carbonyl (C=O) groups is 2. The molecule has 7 nitrogen and oxygen atoms in total. The Hall–Kier alpha value is -2.70. The number of benzene rings is 1. The van der Waals surface area contributed by atoms with Crippen molar-refractivity contribution in [3.8, 4) is 5.69 Å². The number of amides is 1. The molecule has 1 saturated carbocycles. The molecule has 1 aliphatic carbocycles. The van der Waals surface area contributed by atoms with Gasteiger partial charge in [0, 0.05) is 5.56 Å². The maximum absolute atomic E-state index is 12.4. The van der Waals surface area contributed by atoms with E-state index in [0.717, 1.165) is 12.8 Å². The lowest BCUT2D eigenvalue weighted by atomic mass is 9.97. The van der Waals surface area contributed by atoms with Crippen molar-refractivity contribution < 1.29 is 14.7 Å². The molecule has 0 unspecified atom stereocenters. The largest absolute Gasteiger partial charge is 0.480 e. The average molecular weight is 300 g/mol. The zero-order valence-corrected chi connectivity index (χ0v) is 11.9. The van der Waals surface area contributed by atoms with Crippen molar-refractivity contribution in [2.75, 3.05) is 0 Å². The van der Waals surface area contributed by atoms with E-state index >= 15 is 0 Å². The van der Waals surface area contributed by atoms with Crippen LogP contribution in [0.1, 0.15) is 36.0 Å². The highest BCUT2D eigenvalue weighted by atomic mass is 16.4. The molecule has 0 radical (unpaired) electrons. The van der Waals surface area contributed by atoms with Crippen molar-refractivity contribution in [1.82, 2.24) is 20.3 Å². The van der Waals surface area contributed by atoms with Crippen LogP contribution in [-0.2, 0) is 4.79 Å². The van der Waals surface area contributed by atoms with Gasteiger partial charge in [0.1, 0.15) is 5.54 Å². The van der Waals surface area contributed by atoms with Gasteiger partial charge >= 0.3 is 5.97 Å². The van der Waals surface area contributed by atoms with E-state index in [9.17, 15) is 14.7 Å². The SMILES string of the molecule is O=C(NC1(C(=O)O)CCCC1)c1cccc(-n2ccnn2)c1. The van der Waals surface area contributed by atoms with Gasteiger partial charge in [0.2, 0.25) is 0 Å². The Labute approximate surface area is 126 Å². The smallest absolute Gasteiger partial charge is 0.329 e. The number of aliphatic carboxylic acids is 1. The summed E-state index contributed by atoms with van der Waals surface area (Å²) in [6.07, 6.45) is 5.78. The van der Waals surface area contributed by atoms with Gasteiger partial charge in [0.05, 0.1) is 18.1 Å². The first-order chi connectivity index (χ1) is 10.6. The summed E-state index contributed by atoms with van der Waals surface area (Å²) in [6, 6.07) is 6.84. The molecule has 3 rings (SSSR count). The molecule has 1 heterocycles. The van der Waals surface area contributed by atoms with Crippen LogP contribution < -0.4 is 5.32 Å². The normalized spacial score (nSPS) is 16.4. The predicted octanol–water partition coefficient (Wildman–Crippen LogP) is 1.39. The highest BCUT2D eigenvalue weighted by Gasteiger charge is 2.42. The van der Waals surface area contributed by atoms with E-state index in [1.807, 2.05) is 0 Å². The van der Waals surface area contributed by atoms with E-state index in [1.165, 1.54) is 0 Å². The molecule has 0 spiro atoms. The van der Waals surface area contributed by atoms with Crippen LogP contribution in [0.25, 0.3) is 5.69 Å². The molecule has 1 aromatic heterocycles. The van der Waals surface area contributed by atoms with E-state index in [1.54, 1.807) is 41.3 Å². The molecule has 2 aromatic rings. The van der Waals surface area contributed by atoms with Gasteiger partial charge in [-0.3, -0.25) is 4.79 Å². The average Bonchev–Trinajstić information content (AvgIpc) is 3.19. The number of aromatic nitrogens is 3. The summed E-state index contributed by atoms with van der Waals surface area (Å²) in [5.74, 6) is -1.35. The Kier molecular flexibility index (Phi) is 3.62. The van der Waals surface area contributed by atoms with Gasteiger partial charge < -0.3 is 10.4 Å². The molecule has 0 atom stereocenters. The van der Waals surface area contributed by atoms with Crippen LogP contribution in [-0.4, -0.2) is 37.5 Å². The second-order valence-corrected chi connectivity index (χ2v) is 5.45. The van der Waals surface area contributed by atoms with Gasteiger partial charge in [0.25, 0.3) is 5.91 Å². The van der Waals surface area contributed by atoms with Crippen molar-refractivity contribution in [2.24, 2.45) is 0 Å².